The van der Waals surface area contributed by atoms with Gasteiger partial charge in [0.05, 0.1) is 7.11 Å². The fraction of sp³-hybridized carbons (Fsp3) is 0.875. The largest absolute Gasteiger partial charge is 0.467 e. The fourth-order valence-electron chi connectivity index (χ4n) is 1.03. The highest BCUT2D eigenvalue weighted by molar-refractivity contribution is 5.81. The van der Waals surface area contributed by atoms with Crippen molar-refractivity contribution in [3.63, 3.8) is 0 Å². The monoisotopic (exact) mass is 254 g/mol. The molecule has 0 amide bonds. The molecule has 0 rings (SSSR count). The topological polar surface area (TPSA) is 87.1 Å². The molecule has 17 heavy (non-hydrogen) atoms. The van der Waals surface area contributed by atoms with E-state index in [0.717, 1.165) is 7.11 Å². The van der Waals surface area contributed by atoms with Gasteiger partial charge in [0, 0.05) is 11.5 Å². The number of methoxy groups -OCH3 is 1. The molecule has 98 valence electrons. The number of rotatable bonds is 6. The lowest BCUT2D eigenvalue weighted by Gasteiger charge is -2.30. The average molecular weight is 254 g/mol. The molecule has 0 radical (unpaired) electrons. The van der Waals surface area contributed by atoms with Gasteiger partial charge in [-0.05, 0) is 25.4 Å². The minimum Gasteiger partial charge on any atom is -0.467 e. The van der Waals surface area contributed by atoms with Crippen LogP contribution in [0.2, 0.25) is 0 Å². The van der Waals surface area contributed by atoms with Gasteiger partial charge in [-0.3, -0.25) is 5.32 Å². The van der Waals surface area contributed by atoms with Gasteiger partial charge in [-0.15, -0.1) is 0 Å². The number of ether oxygens (including phenoxy) is 1. The molecule has 1 N–H and O–H groups in total. The highest BCUT2D eigenvalue weighted by atomic mass is 19.4. The molecule has 0 aromatic heterocycles. The summed E-state index contributed by atoms with van der Waals surface area (Å²) in [6.07, 6.45) is -4.58. The molecule has 1 atom stereocenters. The minimum absolute atomic E-state index is 0.0542. The van der Waals surface area contributed by atoms with Crippen LogP contribution < -0.4 is 5.32 Å². The molecule has 0 spiro atoms. The van der Waals surface area contributed by atoms with Crippen molar-refractivity contribution in [3.8, 4) is 0 Å². The molecular formula is C8H13F3N4O2. The summed E-state index contributed by atoms with van der Waals surface area (Å²) in [6, 6.07) is 0. The lowest BCUT2D eigenvalue weighted by molar-refractivity contribution is -0.207. The van der Waals surface area contributed by atoms with Crippen molar-refractivity contribution in [2.45, 2.75) is 25.1 Å². The van der Waals surface area contributed by atoms with Crippen LogP contribution in [-0.4, -0.2) is 37.9 Å². The molecule has 0 aliphatic carbocycles. The van der Waals surface area contributed by atoms with Gasteiger partial charge < -0.3 is 4.74 Å². The van der Waals surface area contributed by atoms with Gasteiger partial charge in [0.1, 0.15) is 0 Å². The zero-order valence-corrected chi connectivity index (χ0v) is 9.41. The Morgan fingerprint density at radius 2 is 2.12 bits per heavy atom. The third kappa shape index (κ3) is 4.12. The third-order valence-corrected chi connectivity index (χ3v) is 2.14. The zero-order chi connectivity index (χ0) is 13.5. The van der Waals surface area contributed by atoms with E-state index in [9.17, 15) is 18.0 Å². The highest BCUT2D eigenvalue weighted by Gasteiger charge is 2.57. The van der Waals surface area contributed by atoms with Gasteiger partial charge in [0.15, 0.2) is 0 Å². The second-order valence-electron chi connectivity index (χ2n) is 3.35. The SMILES string of the molecule is COC(=O)C(C)(NCCCN=[N+]=[N-])C(F)(F)F. The lowest BCUT2D eigenvalue weighted by Crippen LogP contribution is -2.60. The first-order valence-electron chi connectivity index (χ1n) is 4.70. The molecule has 9 heteroatoms. The number of carbonyl (C=O) groups excluding carboxylic acids is 1. The van der Waals surface area contributed by atoms with Crippen LogP contribution in [0.3, 0.4) is 0 Å². The van der Waals surface area contributed by atoms with E-state index in [1.807, 2.05) is 0 Å². The van der Waals surface area contributed by atoms with Crippen molar-refractivity contribution in [1.29, 1.82) is 0 Å². The first kappa shape index (κ1) is 15.5. The number of azide groups is 1. The number of nitrogens with zero attached hydrogens (tertiary/aromatic N) is 3. The third-order valence-electron chi connectivity index (χ3n) is 2.14. The maximum absolute atomic E-state index is 12.7. The Morgan fingerprint density at radius 1 is 1.53 bits per heavy atom. The summed E-state index contributed by atoms with van der Waals surface area (Å²) >= 11 is 0. The summed E-state index contributed by atoms with van der Waals surface area (Å²) < 4.78 is 42.1. The maximum Gasteiger partial charge on any atom is 0.417 e. The second-order valence-corrected chi connectivity index (χ2v) is 3.35. The summed E-state index contributed by atoms with van der Waals surface area (Å²) in [5.74, 6) is -1.41. The standard InChI is InChI=1S/C8H13F3N4O2/c1-7(6(16)17-2,8(9,10)11)13-4-3-5-14-15-12/h13H,3-5H2,1-2H3. The van der Waals surface area contributed by atoms with E-state index in [0.29, 0.717) is 6.92 Å². The maximum atomic E-state index is 12.7. The highest BCUT2D eigenvalue weighted by Crippen LogP contribution is 2.31. The number of halogens is 3. The summed E-state index contributed by atoms with van der Waals surface area (Å²) in [4.78, 5) is 13.6. The molecule has 0 fully saturated rings. The smallest absolute Gasteiger partial charge is 0.417 e. The van der Waals surface area contributed by atoms with E-state index in [1.165, 1.54) is 0 Å². The summed E-state index contributed by atoms with van der Waals surface area (Å²) in [6.45, 7) is 0.634. The number of carbonyl (C=O) groups is 1. The molecule has 0 aromatic carbocycles. The Kier molecular flexibility index (Phi) is 5.77. The van der Waals surface area contributed by atoms with Crippen LogP contribution >= 0.6 is 0 Å². The first-order valence-corrected chi connectivity index (χ1v) is 4.70. The number of alkyl halides is 3. The Morgan fingerprint density at radius 3 is 2.53 bits per heavy atom. The summed E-state index contributed by atoms with van der Waals surface area (Å²) in [5.41, 5.74) is 5.21. The van der Waals surface area contributed by atoms with E-state index in [4.69, 9.17) is 5.53 Å². The second kappa shape index (κ2) is 6.31. The van der Waals surface area contributed by atoms with E-state index >= 15 is 0 Å². The van der Waals surface area contributed by atoms with Crippen molar-refractivity contribution in [3.05, 3.63) is 10.4 Å². The van der Waals surface area contributed by atoms with Gasteiger partial charge in [0.25, 0.3) is 0 Å². The van der Waals surface area contributed by atoms with Gasteiger partial charge in [-0.2, -0.15) is 13.2 Å². The molecule has 0 saturated heterocycles. The Balaban J connectivity index is 4.52. The van der Waals surface area contributed by atoms with Gasteiger partial charge in [0.2, 0.25) is 5.54 Å². The first-order chi connectivity index (χ1) is 7.79. The molecular weight excluding hydrogens is 241 g/mol. The zero-order valence-electron chi connectivity index (χ0n) is 9.41. The molecule has 0 aliphatic rings. The Hall–Kier alpha value is -1.47. The Labute approximate surface area is 95.7 Å². The number of hydrogen-bond acceptors (Lipinski definition) is 4. The fourth-order valence-corrected chi connectivity index (χ4v) is 1.03. The van der Waals surface area contributed by atoms with Crippen molar-refractivity contribution in [2.24, 2.45) is 5.11 Å². The number of nitrogens with one attached hydrogen (secondary N) is 1. The van der Waals surface area contributed by atoms with E-state index in [-0.39, 0.29) is 19.5 Å². The van der Waals surface area contributed by atoms with Gasteiger partial charge >= 0.3 is 12.1 Å². The summed E-state index contributed by atoms with van der Waals surface area (Å²) in [7, 11) is 0.883. The van der Waals surface area contributed by atoms with Crippen LogP contribution in [0.4, 0.5) is 13.2 Å². The average Bonchev–Trinajstić information content (AvgIpc) is 2.25. The Bertz CT molecular complexity index is 314. The van der Waals surface area contributed by atoms with E-state index in [1.54, 1.807) is 0 Å². The van der Waals surface area contributed by atoms with Crippen molar-refractivity contribution in [1.82, 2.24) is 5.32 Å². The van der Waals surface area contributed by atoms with Crippen LogP contribution in [0.25, 0.3) is 10.4 Å². The summed E-state index contributed by atoms with van der Waals surface area (Å²) in [5, 5.41) is 5.22. The normalized spacial score (nSPS) is 14.6. The number of esters is 1. The molecule has 0 aliphatic heterocycles. The van der Waals surface area contributed by atoms with E-state index < -0.39 is 17.7 Å². The molecule has 0 saturated carbocycles. The predicted octanol–water partition coefficient (Wildman–Crippen LogP) is 1.77. The minimum atomic E-state index is -4.77. The molecule has 0 bridgehead atoms. The lowest BCUT2D eigenvalue weighted by atomic mass is 10.0. The predicted molar refractivity (Wildman–Crippen MR) is 53.1 cm³/mol. The van der Waals surface area contributed by atoms with Gasteiger partial charge in [-0.25, -0.2) is 4.79 Å². The molecule has 1 unspecified atom stereocenters. The van der Waals surface area contributed by atoms with Crippen molar-refractivity contribution in [2.75, 3.05) is 20.2 Å². The van der Waals surface area contributed by atoms with E-state index in [2.05, 4.69) is 20.1 Å². The van der Waals surface area contributed by atoms with Gasteiger partial charge in [-0.1, -0.05) is 5.11 Å². The van der Waals surface area contributed by atoms with Crippen LogP contribution in [-0.2, 0) is 9.53 Å². The number of hydrogen-bond donors (Lipinski definition) is 1. The van der Waals surface area contributed by atoms with Crippen molar-refractivity contribution >= 4 is 5.97 Å². The molecule has 0 aromatic rings. The van der Waals surface area contributed by atoms with Crippen LogP contribution in [0.15, 0.2) is 5.11 Å². The molecule has 6 nitrogen and oxygen atoms in total. The quantitative estimate of drug-likeness (QED) is 0.257. The van der Waals surface area contributed by atoms with Crippen molar-refractivity contribution < 1.29 is 22.7 Å². The molecule has 0 heterocycles. The van der Waals surface area contributed by atoms with Crippen LogP contribution in [0.5, 0.6) is 0 Å². The van der Waals surface area contributed by atoms with Crippen LogP contribution in [0.1, 0.15) is 13.3 Å². The van der Waals surface area contributed by atoms with Crippen LogP contribution in [0, 0.1) is 0 Å².